The van der Waals surface area contributed by atoms with Gasteiger partial charge in [-0.1, -0.05) is 36.4 Å². The van der Waals surface area contributed by atoms with E-state index in [9.17, 15) is 0 Å². The zero-order valence-electron chi connectivity index (χ0n) is 19.1. The lowest BCUT2D eigenvalue weighted by Gasteiger charge is -2.28. The monoisotopic (exact) mass is 576 g/mol. The third-order valence-corrected chi connectivity index (χ3v) is 6.48. The van der Waals surface area contributed by atoms with Crippen LogP contribution >= 0.6 is 35.7 Å². The summed E-state index contributed by atoms with van der Waals surface area (Å²) in [5.41, 5.74) is 5.04. The van der Waals surface area contributed by atoms with E-state index in [2.05, 4.69) is 76.1 Å². The van der Waals surface area contributed by atoms with E-state index in [1.54, 1.807) is 0 Å². The van der Waals surface area contributed by atoms with Crippen molar-refractivity contribution in [1.82, 2.24) is 20.4 Å². The standard InChI is InChI=1S/C25H32N6S.HI/c1-2-26-25(27-18-21-8-10-24(11-9-21)30-14-16-32-17-15-30)28-19-22-6-3-4-7-23(22)20-31-13-5-12-29-31;/h3-13H,2,14-20H2,1H3,(H2,26,27,28);1H. The van der Waals surface area contributed by atoms with Crippen molar-refractivity contribution in [2.75, 3.05) is 36.0 Å². The van der Waals surface area contributed by atoms with E-state index >= 15 is 0 Å². The molecule has 2 heterocycles. The van der Waals surface area contributed by atoms with Crippen LogP contribution < -0.4 is 15.5 Å². The molecule has 176 valence electrons. The molecule has 3 aromatic rings. The van der Waals surface area contributed by atoms with Crippen LogP contribution in [-0.4, -0.2) is 46.9 Å². The number of rotatable bonds is 8. The number of hydrogen-bond acceptors (Lipinski definition) is 4. The van der Waals surface area contributed by atoms with Gasteiger partial charge in [0.1, 0.15) is 0 Å². The molecule has 1 saturated heterocycles. The highest BCUT2D eigenvalue weighted by molar-refractivity contribution is 14.0. The van der Waals surface area contributed by atoms with Crippen LogP contribution in [0.1, 0.15) is 23.6 Å². The normalized spacial score (nSPS) is 14.0. The number of anilines is 1. The number of aromatic nitrogens is 2. The Labute approximate surface area is 218 Å². The van der Waals surface area contributed by atoms with Gasteiger partial charge in [-0.05, 0) is 41.8 Å². The molecule has 2 aromatic carbocycles. The Kier molecular flexibility index (Phi) is 10.4. The van der Waals surface area contributed by atoms with Gasteiger partial charge < -0.3 is 15.5 Å². The summed E-state index contributed by atoms with van der Waals surface area (Å²) < 4.78 is 1.95. The number of halogens is 1. The molecule has 0 spiro atoms. The van der Waals surface area contributed by atoms with Crippen molar-refractivity contribution in [3.63, 3.8) is 0 Å². The fraction of sp³-hybridized carbons (Fsp3) is 0.360. The van der Waals surface area contributed by atoms with Gasteiger partial charge in [0.15, 0.2) is 5.96 Å². The van der Waals surface area contributed by atoms with E-state index < -0.39 is 0 Å². The first-order chi connectivity index (χ1) is 15.8. The van der Waals surface area contributed by atoms with Crippen molar-refractivity contribution < 1.29 is 0 Å². The molecule has 0 amide bonds. The first kappa shape index (κ1) is 25.4. The van der Waals surface area contributed by atoms with Crippen LogP contribution in [0, 0.1) is 0 Å². The lowest BCUT2D eigenvalue weighted by molar-refractivity contribution is 0.677. The SMILES string of the molecule is CCNC(=NCc1ccc(N2CCSCC2)cc1)NCc1ccccc1Cn1cccn1.I. The average Bonchev–Trinajstić information content (AvgIpc) is 3.36. The first-order valence-corrected chi connectivity index (χ1v) is 12.5. The van der Waals surface area contributed by atoms with Gasteiger partial charge in [-0.15, -0.1) is 24.0 Å². The number of aliphatic imine (C=N–C) groups is 1. The average molecular weight is 577 g/mol. The fourth-order valence-corrected chi connectivity index (χ4v) is 4.68. The van der Waals surface area contributed by atoms with E-state index in [-0.39, 0.29) is 24.0 Å². The second-order valence-corrected chi connectivity index (χ2v) is 9.01. The lowest BCUT2D eigenvalue weighted by Crippen LogP contribution is -2.37. The second kappa shape index (κ2) is 13.5. The quantitative estimate of drug-likeness (QED) is 0.237. The van der Waals surface area contributed by atoms with Gasteiger partial charge in [-0.3, -0.25) is 4.68 Å². The lowest BCUT2D eigenvalue weighted by atomic mass is 10.1. The summed E-state index contributed by atoms with van der Waals surface area (Å²) in [5, 5.41) is 11.2. The van der Waals surface area contributed by atoms with Crippen LogP contribution in [0.3, 0.4) is 0 Å². The Bertz CT molecular complexity index is 984. The summed E-state index contributed by atoms with van der Waals surface area (Å²) in [6, 6.07) is 19.3. The van der Waals surface area contributed by atoms with Gasteiger partial charge in [0.25, 0.3) is 0 Å². The van der Waals surface area contributed by atoms with Crippen molar-refractivity contribution in [3.05, 3.63) is 83.7 Å². The number of nitrogens with one attached hydrogen (secondary N) is 2. The van der Waals surface area contributed by atoms with Gasteiger partial charge in [-0.25, -0.2) is 4.99 Å². The van der Waals surface area contributed by atoms with Gasteiger partial charge in [0, 0.05) is 55.8 Å². The summed E-state index contributed by atoms with van der Waals surface area (Å²) in [6.07, 6.45) is 3.81. The molecule has 1 aromatic heterocycles. The Hall–Kier alpha value is -2.20. The number of benzene rings is 2. The summed E-state index contributed by atoms with van der Waals surface area (Å²) in [6.45, 7) is 7.33. The minimum absolute atomic E-state index is 0. The predicted octanol–water partition coefficient (Wildman–Crippen LogP) is 4.36. The minimum Gasteiger partial charge on any atom is -0.370 e. The second-order valence-electron chi connectivity index (χ2n) is 7.79. The summed E-state index contributed by atoms with van der Waals surface area (Å²) in [4.78, 5) is 7.27. The summed E-state index contributed by atoms with van der Waals surface area (Å²) in [7, 11) is 0. The molecule has 33 heavy (non-hydrogen) atoms. The summed E-state index contributed by atoms with van der Waals surface area (Å²) >= 11 is 2.04. The molecule has 0 bridgehead atoms. The molecule has 0 saturated carbocycles. The molecule has 0 unspecified atom stereocenters. The molecule has 8 heteroatoms. The Balaban J connectivity index is 0.00000306. The molecule has 4 rings (SSSR count). The number of thioether (sulfide) groups is 1. The minimum atomic E-state index is 0. The van der Waals surface area contributed by atoms with Crippen molar-refractivity contribution in [1.29, 1.82) is 0 Å². The molecule has 0 radical (unpaired) electrons. The van der Waals surface area contributed by atoms with Gasteiger partial charge in [0.05, 0.1) is 13.1 Å². The smallest absolute Gasteiger partial charge is 0.191 e. The van der Waals surface area contributed by atoms with Crippen LogP contribution in [0.2, 0.25) is 0 Å². The Morgan fingerprint density at radius 1 is 1.00 bits per heavy atom. The van der Waals surface area contributed by atoms with Crippen molar-refractivity contribution in [2.24, 2.45) is 4.99 Å². The Morgan fingerprint density at radius 3 is 2.45 bits per heavy atom. The molecule has 0 aliphatic carbocycles. The molecule has 2 N–H and O–H groups in total. The number of guanidine groups is 1. The fourth-order valence-electron chi connectivity index (χ4n) is 3.78. The predicted molar refractivity (Wildman–Crippen MR) is 151 cm³/mol. The van der Waals surface area contributed by atoms with Crippen molar-refractivity contribution in [2.45, 2.75) is 26.6 Å². The third kappa shape index (κ3) is 7.67. The Morgan fingerprint density at radius 2 is 1.76 bits per heavy atom. The number of nitrogens with zero attached hydrogens (tertiary/aromatic N) is 4. The van der Waals surface area contributed by atoms with Gasteiger partial charge >= 0.3 is 0 Å². The van der Waals surface area contributed by atoms with Crippen LogP contribution in [0.4, 0.5) is 5.69 Å². The molecular formula is C25H33IN6S. The van der Waals surface area contributed by atoms with E-state index in [4.69, 9.17) is 4.99 Å². The molecular weight excluding hydrogens is 543 g/mol. The highest BCUT2D eigenvalue weighted by Crippen LogP contribution is 2.20. The van der Waals surface area contributed by atoms with Crippen LogP contribution in [-0.2, 0) is 19.6 Å². The molecule has 1 fully saturated rings. The van der Waals surface area contributed by atoms with Crippen molar-refractivity contribution >= 4 is 47.4 Å². The molecule has 6 nitrogen and oxygen atoms in total. The van der Waals surface area contributed by atoms with E-state index in [0.29, 0.717) is 6.54 Å². The third-order valence-electron chi connectivity index (χ3n) is 5.53. The zero-order chi connectivity index (χ0) is 22.0. The van der Waals surface area contributed by atoms with Crippen LogP contribution in [0.25, 0.3) is 0 Å². The van der Waals surface area contributed by atoms with Gasteiger partial charge in [-0.2, -0.15) is 16.9 Å². The highest BCUT2D eigenvalue weighted by atomic mass is 127. The van der Waals surface area contributed by atoms with Crippen LogP contribution in [0.15, 0.2) is 72.0 Å². The van der Waals surface area contributed by atoms with E-state index in [1.165, 1.54) is 33.9 Å². The zero-order valence-corrected chi connectivity index (χ0v) is 22.3. The number of hydrogen-bond donors (Lipinski definition) is 2. The van der Waals surface area contributed by atoms with E-state index in [1.807, 2.05) is 34.9 Å². The maximum atomic E-state index is 4.81. The largest absolute Gasteiger partial charge is 0.370 e. The van der Waals surface area contributed by atoms with E-state index in [0.717, 1.165) is 38.7 Å². The van der Waals surface area contributed by atoms with Crippen molar-refractivity contribution in [3.8, 4) is 0 Å². The first-order valence-electron chi connectivity index (χ1n) is 11.3. The highest BCUT2D eigenvalue weighted by Gasteiger charge is 2.11. The molecule has 0 atom stereocenters. The summed E-state index contributed by atoms with van der Waals surface area (Å²) in [5.74, 6) is 3.27. The topological polar surface area (TPSA) is 57.5 Å². The van der Waals surface area contributed by atoms with Gasteiger partial charge in [0.2, 0.25) is 0 Å². The maximum Gasteiger partial charge on any atom is 0.191 e. The molecule has 1 aliphatic rings. The van der Waals surface area contributed by atoms with Crippen LogP contribution in [0.5, 0.6) is 0 Å². The molecule has 1 aliphatic heterocycles. The maximum absolute atomic E-state index is 4.81.